The van der Waals surface area contributed by atoms with E-state index >= 15 is 0 Å². The molecule has 2 unspecified atom stereocenters. The van der Waals surface area contributed by atoms with Crippen molar-refractivity contribution < 1.29 is 9.90 Å². The average molecular weight is 264 g/mol. The molecule has 108 valence electrons. The van der Waals surface area contributed by atoms with E-state index in [4.69, 9.17) is 5.11 Å². The molecule has 1 aliphatic carbocycles. The molecule has 0 saturated carbocycles. The van der Waals surface area contributed by atoms with Crippen molar-refractivity contribution in [2.75, 3.05) is 0 Å². The smallest absolute Gasteiger partial charge is 0.306 e. The first-order chi connectivity index (χ1) is 8.64. The summed E-state index contributed by atoms with van der Waals surface area (Å²) in [6, 6.07) is 0. The van der Waals surface area contributed by atoms with Gasteiger partial charge in [-0.3, -0.25) is 4.79 Å². The van der Waals surface area contributed by atoms with Crippen molar-refractivity contribution in [2.24, 2.45) is 17.3 Å². The van der Waals surface area contributed by atoms with Crippen molar-refractivity contribution in [3.63, 3.8) is 0 Å². The second-order valence-corrected chi connectivity index (χ2v) is 7.03. The summed E-state index contributed by atoms with van der Waals surface area (Å²) >= 11 is 0. The Hall–Kier alpha value is -1.05. The minimum absolute atomic E-state index is 0.0342. The Kier molecular flexibility index (Phi) is 5.00. The van der Waals surface area contributed by atoms with E-state index in [2.05, 4.69) is 34.3 Å². The zero-order valence-electron chi connectivity index (χ0n) is 13.0. The molecule has 0 aliphatic heterocycles. The lowest BCUT2D eigenvalue weighted by Gasteiger charge is -2.30. The van der Waals surface area contributed by atoms with Crippen LogP contribution in [0, 0.1) is 17.3 Å². The van der Waals surface area contributed by atoms with Crippen LogP contribution in [0.5, 0.6) is 0 Å². The van der Waals surface area contributed by atoms with E-state index in [9.17, 15) is 4.79 Å². The van der Waals surface area contributed by atoms with Gasteiger partial charge in [-0.25, -0.2) is 0 Å². The van der Waals surface area contributed by atoms with Gasteiger partial charge in [0.1, 0.15) is 0 Å². The van der Waals surface area contributed by atoms with Crippen molar-refractivity contribution in [1.82, 2.24) is 0 Å². The lowest BCUT2D eigenvalue weighted by Crippen LogP contribution is -2.22. The Labute approximate surface area is 117 Å². The number of carbonyl (C=O) groups is 1. The molecule has 0 fully saturated rings. The van der Waals surface area contributed by atoms with Gasteiger partial charge in [-0.2, -0.15) is 0 Å². The zero-order chi connectivity index (χ0) is 14.8. The molecule has 0 aromatic carbocycles. The van der Waals surface area contributed by atoms with Crippen molar-refractivity contribution in [3.05, 3.63) is 23.3 Å². The van der Waals surface area contributed by atoms with Gasteiger partial charge in [0.25, 0.3) is 0 Å². The van der Waals surface area contributed by atoms with Gasteiger partial charge in [0.05, 0.1) is 5.92 Å². The van der Waals surface area contributed by atoms with Crippen molar-refractivity contribution >= 4 is 5.97 Å². The van der Waals surface area contributed by atoms with Gasteiger partial charge in [-0.05, 0) is 44.9 Å². The predicted molar refractivity (Wildman–Crippen MR) is 80.1 cm³/mol. The number of carboxylic acids is 1. The van der Waals surface area contributed by atoms with Crippen LogP contribution in [0.3, 0.4) is 0 Å². The maximum atomic E-state index is 11.0. The Bertz CT molecular complexity index is 401. The Morgan fingerprint density at radius 1 is 1.53 bits per heavy atom. The first kappa shape index (κ1) is 16.0. The summed E-state index contributed by atoms with van der Waals surface area (Å²) in [6.07, 6.45) is 4.06. The van der Waals surface area contributed by atoms with Crippen molar-refractivity contribution in [1.29, 1.82) is 0 Å². The van der Waals surface area contributed by atoms with Gasteiger partial charge in [0.15, 0.2) is 0 Å². The molecule has 2 heteroatoms. The lowest BCUT2D eigenvalue weighted by atomic mass is 9.75. The van der Waals surface area contributed by atoms with Gasteiger partial charge in [0.2, 0.25) is 0 Å². The summed E-state index contributed by atoms with van der Waals surface area (Å²) < 4.78 is 0. The van der Waals surface area contributed by atoms with E-state index in [1.54, 1.807) is 6.92 Å². The summed E-state index contributed by atoms with van der Waals surface area (Å²) in [5.41, 5.74) is 4.28. The highest BCUT2D eigenvalue weighted by Gasteiger charge is 2.31. The van der Waals surface area contributed by atoms with E-state index < -0.39 is 5.97 Å². The van der Waals surface area contributed by atoms with Crippen molar-refractivity contribution in [3.8, 4) is 0 Å². The van der Waals surface area contributed by atoms with Crippen LogP contribution in [0.25, 0.3) is 0 Å². The van der Waals surface area contributed by atoms with E-state index in [0.717, 1.165) is 19.3 Å². The molecule has 0 aromatic rings. The molecule has 2 nitrogen and oxygen atoms in total. The number of allylic oxidation sites excluding steroid dienone is 3. The third-order valence-corrected chi connectivity index (χ3v) is 4.32. The first-order valence-electron chi connectivity index (χ1n) is 7.21. The van der Waals surface area contributed by atoms with Crippen LogP contribution in [0.1, 0.15) is 60.3 Å². The summed E-state index contributed by atoms with van der Waals surface area (Å²) in [5, 5.41) is 9.07. The molecule has 19 heavy (non-hydrogen) atoms. The van der Waals surface area contributed by atoms with Gasteiger partial charge >= 0.3 is 5.97 Å². The quantitative estimate of drug-likeness (QED) is 0.699. The molecular weight excluding hydrogens is 236 g/mol. The minimum Gasteiger partial charge on any atom is -0.481 e. The molecule has 0 saturated heterocycles. The van der Waals surface area contributed by atoms with Crippen LogP contribution >= 0.6 is 0 Å². The van der Waals surface area contributed by atoms with Crippen LogP contribution in [-0.4, -0.2) is 11.1 Å². The number of rotatable bonds is 6. The maximum absolute atomic E-state index is 11.0. The number of aliphatic carboxylic acids is 1. The van der Waals surface area contributed by atoms with Gasteiger partial charge in [-0.1, -0.05) is 44.1 Å². The predicted octanol–water partition coefficient (Wildman–Crippen LogP) is 4.82. The molecule has 0 amide bonds. The summed E-state index contributed by atoms with van der Waals surface area (Å²) in [6.45, 7) is 14.6. The molecule has 0 heterocycles. The normalized spacial score (nSPS) is 21.6. The molecule has 2 atom stereocenters. The van der Waals surface area contributed by atoms with Crippen LogP contribution in [-0.2, 0) is 4.79 Å². The Balaban J connectivity index is 2.79. The van der Waals surface area contributed by atoms with Gasteiger partial charge < -0.3 is 5.11 Å². The minimum atomic E-state index is -0.693. The molecule has 0 aromatic heterocycles. The molecule has 1 N–H and O–H groups in total. The second kappa shape index (κ2) is 5.94. The molecular formula is C17H28O2. The highest BCUT2D eigenvalue weighted by Crippen LogP contribution is 2.43. The van der Waals surface area contributed by atoms with Gasteiger partial charge in [-0.15, -0.1) is 0 Å². The first-order valence-corrected chi connectivity index (χ1v) is 7.21. The topological polar surface area (TPSA) is 37.3 Å². The molecule has 1 rings (SSSR count). The summed E-state index contributed by atoms with van der Waals surface area (Å²) in [5.74, 6) is -0.457. The Morgan fingerprint density at radius 2 is 2.11 bits per heavy atom. The van der Waals surface area contributed by atoms with E-state index in [1.165, 1.54) is 23.1 Å². The lowest BCUT2D eigenvalue weighted by molar-refractivity contribution is -0.142. The molecule has 0 bridgehead atoms. The highest BCUT2D eigenvalue weighted by molar-refractivity contribution is 5.69. The van der Waals surface area contributed by atoms with Gasteiger partial charge in [0, 0.05) is 5.92 Å². The monoisotopic (exact) mass is 264 g/mol. The third kappa shape index (κ3) is 4.22. The van der Waals surface area contributed by atoms with Crippen LogP contribution in [0.2, 0.25) is 0 Å². The Morgan fingerprint density at radius 3 is 2.58 bits per heavy atom. The zero-order valence-corrected chi connectivity index (χ0v) is 13.0. The van der Waals surface area contributed by atoms with E-state index in [1.807, 2.05) is 0 Å². The number of hydrogen-bond acceptors (Lipinski definition) is 1. The van der Waals surface area contributed by atoms with Crippen LogP contribution < -0.4 is 0 Å². The fourth-order valence-electron chi connectivity index (χ4n) is 3.31. The summed E-state index contributed by atoms with van der Waals surface area (Å²) in [7, 11) is 0. The third-order valence-electron chi connectivity index (χ3n) is 4.32. The maximum Gasteiger partial charge on any atom is 0.306 e. The number of carboxylic acid groups (broad SMARTS) is 1. The SMILES string of the molecule is C=C(C)C1CCC(C)=C1CC(C)(C)CC(C)C(=O)O. The largest absolute Gasteiger partial charge is 0.481 e. The average Bonchev–Trinajstić information content (AvgIpc) is 2.59. The van der Waals surface area contributed by atoms with E-state index in [0.29, 0.717) is 5.92 Å². The fourth-order valence-corrected chi connectivity index (χ4v) is 3.31. The highest BCUT2D eigenvalue weighted by atomic mass is 16.4. The molecule has 1 aliphatic rings. The van der Waals surface area contributed by atoms with Crippen molar-refractivity contribution in [2.45, 2.75) is 60.3 Å². The fraction of sp³-hybridized carbons (Fsp3) is 0.706. The molecule has 0 spiro atoms. The number of hydrogen-bond donors (Lipinski definition) is 1. The second-order valence-electron chi connectivity index (χ2n) is 7.03. The van der Waals surface area contributed by atoms with E-state index in [-0.39, 0.29) is 11.3 Å². The summed E-state index contributed by atoms with van der Waals surface area (Å²) in [4.78, 5) is 11.0. The van der Waals surface area contributed by atoms with Crippen LogP contribution in [0.4, 0.5) is 0 Å². The standard InChI is InChI=1S/C17H28O2/c1-11(2)14-8-7-12(3)15(14)10-17(5,6)9-13(4)16(18)19/h13-14H,1,7-10H2,2-6H3,(H,18,19). The molecule has 0 radical (unpaired) electrons. The van der Waals surface area contributed by atoms with Crippen LogP contribution in [0.15, 0.2) is 23.3 Å².